The Morgan fingerprint density at radius 3 is 2.58 bits per heavy atom. The van der Waals surface area contributed by atoms with Crippen molar-refractivity contribution < 1.29 is 37.1 Å². The number of hydrogen-bond donors (Lipinski definition) is 2. The van der Waals surface area contributed by atoms with Crippen molar-refractivity contribution in [1.29, 1.82) is 0 Å². The van der Waals surface area contributed by atoms with Crippen molar-refractivity contribution in [2.75, 3.05) is 11.4 Å². The molecule has 0 unspecified atom stereocenters. The molecule has 0 aliphatic carbocycles. The zero-order chi connectivity index (χ0) is 25.8. The molecule has 2 fully saturated rings. The van der Waals surface area contributed by atoms with Gasteiger partial charge in [-0.3, -0.25) is 30.0 Å². The molecule has 0 bridgehead atoms. The number of Topliss-reactive ketones (excluding diaryl/α,β-unsaturated/α-hetero) is 1. The molecule has 4 aliphatic rings. The number of urea groups is 1. The fourth-order valence-electron chi connectivity index (χ4n) is 5.56. The summed E-state index contributed by atoms with van der Waals surface area (Å²) < 4.78 is 46.2. The molecule has 4 amide bonds. The first-order valence-corrected chi connectivity index (χ1v) is 11.5. The topological polar surface area (TPSA) is 117 Å². The molecule has 0 aromatic heterocycles. The third kappa shape index (κ3) is 3.89. The van der Waals surface area contributed by atoms with Crippen LogP contribution in [0.4, 0.5) is 23.7 Å². The molecule has 1 aromatic rings. The average Bonchev–Trinajstić information content (AvgIpc) is 3.33. The van der Waals surface area contributed by atoms with Crippen LogP contribution in [0.1, 0.15) is 42.1 Å². The van der Waals surface area contributed by atoms with Crippen LogP contribution in [-0.4, -0.2) is 60.3 Å². The number of ether oxygens (including phenoxy) is 1. The van der Waals surface area contributed by atoms with Crippen LogP contribution in [0.3, 0.4) is 0 Å². The summed E-state index contributed by atoms with van der Waals surface area (Å²) in [5, 5.41) is 4.17. The van der Waals surface area contributed by atoms with Crippen molar-refractivity contribution in [3.8, 4) is 0 Å². The number of morpholine rings is 1. The number of fused-ring (bicyclic) bond motifs is 4. The minimum absolute atomic E-state index is 0.188. The van der Waals surface area contributed by atoms with E-state index in [1.165, 1.54) is 24.0 Å². The summed E-state index contributed by atoms with van der Waals surface area (Å²) in [5.41, 5.74) is 0.0159. The van der Waals surface area contributed by atoms with Gasteiger partial charge in [0.15, 0.2) is 17.3 Å². The lowest BCUT2D eigenvalue weighted by Gasteiger charge is -2.55. The molecule has 2 saturated heterocycles. The lowest BCUT2D eigenvalue weighted by molar-refractivity contribution is -0.242. The Balaban J connectivity index is 1.54. The van der Waals surface area contributed by atoms with Crippen molar-refractivity contribution in [1.82, 2.24) is 10.6 Å². The summed E-state index contributed by atoms with van der Waals surface area (Å²) in [6, 6.07) is 2.50. The largest absolute Gasteiger partial charge is 0.416 e. The van der Waals surface area contributed by atoms with E-state index >= 15 is 0 Å². The van der Waals surface area contributed by atoms with Gasteiger partial charge in [0.25, 0.3) is 0 Å². The van der Waals surface area contributed by atoms with Crippen molar-refractivity contribution in [3.05, 3.63) is 41.6 Å². The van der Waals surface area contributed by atoms with Crippen molar-refractivity contribution in [2.24, 2.45) is 10.4 Å². The van der Waals surface area contributed by atoms with Crippen LogP contribution in [-0.2, 0) is 20.7 Å². The Labute approximate surface area is 203 Å². The molecule has 3 atom stereocenters. The fourth-order valence-corrected chi connectivity index (χ4v) is 5.56. The third-order valence-corrected chi connectivity index (χ3v) is 7.19. The van der Waals surface area contributed by atoms with E-state index in [4.69, 9.17) is 4.74 Å². The summed E-state index contributed by atoms with van der Waals surface area (Å²) in [4.78, 5) is 56.5. The van der Waals surface area contributed by atoms with Gasteiger partial charge in [-0.2, -0.15) is 13.2 Å². The van der Waals surface area contributed by atoms with E-state index in [2.05, 4.69) is 15.6 Å². The molecule has 2 N–H and O–H groups in total. The Morgan fingerprint density at radius 2 is 1.94 bits per heavy atom. The highest BCUT2D eigenvalue weighted by Gasteiger charge is 2.64. The molecule has 190 valence electrons. The van der Waals surface area contributed by atoms with Crippen LogP contribution < -0.4 is 15.5 Å². The van der Waals surface area contributed by atoms with E-state index in [0.29, 0.717) is 29.7 Å². The van der Waals surface area contributed by atoms with E-state index in [1.807, 2.05) is 6.08 Å². The predicted octanol–water partition coefficient (Wildman–Crippen LogP) is 2.44. The van der Waals surface area contributed by atoms with Crippen LogP contribution in [0.5, 0.6) is 0 Å². The number of carbonyl (C=O) groups excluding carboxylic acids is 4. The van der Waals surface area contributed by atoms with Gasteiger partial charge in [-0.1, -0.05) is 6.08 Å². The smallest absolute Gasteiger partial charge is 0.362 e. The lowest BCUT2D eigenvalue weighted by Crippen LogP contribution is -2.76. The summed E-state index contributed by atoms with van der Waals surface area (Å²) in [6.45, 7) is 0.722. The molecule has 5 rings (SSSR count). The molecular weight excluding hydrogens is 481 g/mol. The molecule has 1 spiro atoms. The number of aliphatic imine (C=N–C) groups is 1. The van der Waals surface area contributed by atoms with Gasteiger partial charge < -0.3 is 9.64 Å². The van der Waals surface area contributed by atoms with Gasteiger partial charge in [0.2, 0.25) is 11.8 Å². The number of anilines is 1. The minimum atomic E-state index is -4.68. The third-order valence-electron chi connectivity index (χ3n) is 7.19. The van der Waals surface area contributed by atoms with Crippen LogP contribution in [0.15, 0.2) is 35.5 Å². The number of hydrogen-bond acceptors (Lipinski definition) is 7. The maximum absolute atomic E-state index is 13.7. The number of alkyl halides is 3. The Hall–Kier alpha value is -3.54. The molecular formula is C24H23F3N4O5. The number of carbonyl (C=O) groups is 4. The number of amides is 4. The normalized spacial score (nSPS) is 26.8. The van der Waals surface area contributed by atoms with Gasteiger partial charge in [-0.25, -0.2) is 4.79 Å². The van der Waals surface area contributed by atoms with Gasteiger partial charge in [-0.05, 0) is 43.5 Å². The SMILES string of the molecule is C[C@@H]1O[C@H](C(F)(F)F)CN2c3ccc(C(=O)CCC4=NC=CC4)cc3CC3(C(=O)NC(=O)NC3=O)[C@@H]12. The van der Waals surface area contributed by atoms with E-state index in [9.17, 15) is 32.3 Å². The van der Waals surface area contributed by atoms with E-state index in [0.717, 1.165) is 5.71 Å². The monoisotopic (exact) mass is 504 g/mol. The number of benzene rings is 1. The first-order valence-electron chi connectivity index (χ1n) is 11.5. The van der Waals surface area contributed by atoms with Crippen LogP contribution >= 0.6 is 0 Å². The first kappa shape index (κ1) is 24.2. The second-order valence-electron chi connectivity index (χ2n) is 9.41. The number of allylic oxidation sites excluding steroid dienone is 1. The van der Waals surface area contributed by atoms with E-state index in [-0.39, 0.29) is 18.6 Å². The quantitative estimate of drug-likeness (QED) is 0.481. The zero-order valence-electron chi connectivity index (χ0n) is 19.2. The molecule has 36 heavy (non-hydrogen) atoms. The number of barbiturate groups is 1. The highest BCUT2D eigenvalue weighted by atomic mass is 19.4. The van der Waals surface area contributed by atoms with Crippen LogP contribution in [0, 0.1) is 5.41 Å². The molecule has 12 heteroatoms. The number of imide groups is 2. The molecule has 1 aromatic carbocycles. The number of rotatable bonds is 4. The molecule has 9 nitrogen and oxygen atoms in total. The Bertz CT molecular complexity index is 1200. The summed E-state index contributed by atoms with van der Waals surface area (Å²) >= 11 is 0. The van der Waals surface area contributed by atoms with Crippen molar-refractivity contribution in [2.45, 2.75) is 57.0 Å². The van der Waals surface area contributed by atoms with Gasteiger partial charge >= 0.3 is 12.2 Å². The first-order chi connectivity index (χ1) is 17.0. The van der Waals surface area contributed by atoms with Crippen molar-refractivity contribution >= 4 is 35.0 Å². The minimum Gasteiger partial charge on any atom is -0.362 e. The molecule has 0 radical (unpaired) electrons. The standard InChI is InChI=1S/C24H23F3N4O5/c1-12-19-23(20(33)29-22(35)30-21(23)34)10-14-9-13(17(32)7-5-15-3-2-8-28-15)4-6-16(14)31(19)11-18(36-12)24(25,26)27/h2,4,6,8-9,12,18-19H,3,5,7,10-11H2,1H3,(H2,29,30,33,34,35)/t12-,18-,19+/m0/s1. The highest BCUT2D eigenvalue weighted by molar-refractivity contribution is 6.20. The summed E-state index contributed by atoms with van der Waals surface area (Å²) in [7, 11) is 0. The highest BCUT2D eigenvalue weighted by Crippen LogP contribution is 2.48. The van der Waals surface area contributed by atoms with E-state index < -0.39 is 54.2 Å². The maximum Gasteiger partial charge on any atom is 0.416 e. The maximum atomic E-state index is 13.7. The zero-order valence-corrected chi connectivity index (χ0v) is 19.2. The fraction of sp³-hybridized carbons (Fsp3) is 0.458. The lowest BCUT2D eigenvalue weighted by atomic mass is 9.66. The van der Waals surface area contributed by atoms with Crippen LogP contribution in [0.2, 0.25) is 0 Å². The van der Waals surface area contributed by atoms with Gasteiger partial charge in [0.05, 0.1) is 18.7 Å². The van der Waals surface area contributed by atoms with Gasteiger partial charge in [-0.15, -0.1) is 0 Å². The summed E-state index contributed by atoms with van der Waals surface area (Å²) in [6.07, 6.45) is -3.31. The average molecular weight is 504 g/mol. The molecule has 4 aliphatic heterocycles. The van der Waals surface area contributed by atoms with E-state index in [1.54, 1.807) is 12.3 Å². The number of nitrogens with zero attached hydrogens (tertiary/aromatic N) is 2. The molecule has 0 saturated carbocycles. The van der Waals surface area contributed by atoms with Gasteiger partial charge in [0, 0.05) is 36.0 Å². The van der Waals surface area contributed by atoms with Crippen molar-refractivity contribution in [3.63, 3.8) is 0 Å². The molecule has 4 heterocycles. The number of halogens is 3. The second kappa shape index (κ2) is 8.54. The summed E-state index contributed by atoms with van der Waals surface area (Å²) in [5.74, 6) is -2.03. The number of ketones is 1. The van der Waals surface area contributed by atoms with Crippen LogP contribution in [0.25, 0.3) is 0 Å². The Morgan fingerprint density at radius 1 is 1.22 bits per heavy atom. The van der Waals surface area contributed by atoms with Gasteiger partial charge in [0.1, 0.15) is 0 Å². The number of nitrogens with one attached hydrogen (secondary N) is 2. The Kier molecular flexibility index (Phi) is 5.73. The predicted molar refractivity (Wildman–Crippen MR) is 121 cm³/mol. The second-order valence-corrected chi connectivity index (χ2v) is 9.41.